The van der Waals surface area contributed by atoms with Crippen LogP contribution in [0.25, 0.3) is 27.6 Å². The maximum Gasteiger partial charge on any atom is 0.332 e. The summed E-state index contributed by atoms with van der Waals surface area (Å²) < 4.78 is 12.1. The summed E-state index contributed by atoms with van der Waals surface area (Å²) >= 11 is 1.43. The number of amides is 1. The molecule has 1 aromatic carbocycles. The van der Waals surface area contributed by atoms with Crippen molar-refractivity contribution in [2.24, 2.45) is 5.73 Å². The van der Waals surface area contributed by atoms with Gasteiger partial charge < -0.3 is 20.2 Å². The molecule has 0 aliphatic rings. The van der Waals surface area contributed by atoms with Crippen LogP contribution in [0.5, 0.6) is 11.5 Å². The lowest BCUT2D eigenvalue weighted by molar-refractivity contribution is 0.0997. The highest BCUT2D eigenvalue weighted by Crippen LogP contribution is 2.35. The second-order valence-corrected chi connectivity index (χ2v) is 7.09. The Kier molecular flexibility index (Phi) is 4.55. The van der Waals surface area contributed by atoms with Gasteiger partial charge in [0.05, 0.1) is 24.8 Å². The number of methoxy groups -OCH3 is 2. The zero-order valence-electron chi connectivity index (χ0n) is 15.8. The summed E-state index contributed by atoms with van der Waals surface area (Å²) in [7, 11) is 2.98. The summed E-state index contributed by atoms with van der Waals surface area (Å²) in [4.78, 5) is 37.2. The number of nitrogens with two attached hydrogens (primary N) is 1. The molecule has 10 heteroatoms. The average molecular weight is 411 g/mol. The van der Waals surface area contributed by atoms with Gasteiger partial charge >= 0.3 is 5.69 Å². The highest BCUT2D eigenvalue weighted by molar-refractivity contribution is 7.13. The highest BCUT2D eigenvalue weighted by Gasteiger charge is 2.23. The van der Waals surface area contributed by atoms with Gasteiger partial charge in [0.2, 0.25) is 0 Å². The van der Waals surface area contributed by atoms with E-state index < -0.39 is 11.6 Å². The molecule has 0 spiro atoms. The van der Waals surface area contributed by atoms with Crippen LogP contribution in [0.1, 0.15) is 16.1 Å². The minimum Gasteiger partial charge on any atom is -0.493 e. The fraction of sp³-hybridized carbons (Fsp3) is 0.158. The van der Waals surface area contributed by atoms with Gasteiger partial charge in [-0.25, -0.2) is 19.3 Å². The van der Waals surface area contributed by atoms with E-state index in [1.54, 1.807) is 18.2 Å². The van der Waals surface area contributed by atoms with E-state index in [1.807, 2.05) is 18.4 Å². The van der Waals surface area contributed by atoms with E-state index >= 15 is 0 Å². The summed E-state index contributed by atoms with van der Waals surface area (Å²) in [6.07, 6.45) is 0. The van der Waals surface area contributed by atoms with E-state index in [0.717, 1.165) is 10.4 Å². The second-order valence-electron chi connectivity index (χ2n) is 6.17. The number of aromatic nitrogens is 4. The first-order valence-electron chi connectivity index (χ1n) is 8.54. The van der Waals surface area contributed by atoms with Crippen LogP contribution in [0.3, 0.4) is 0 Å². The Bertz CT molecular complexity index is 1300. The Hall–Kier alpha value is -3.66. The Morgan fingerprint density at radius 3 is 2.62 bits per heavy atom. The smallest absolute Gasteiger partial charge is 0.332 e. The SMILES string of the molecule is COc1cccc(-n2c(=O)[nH]c3c(C(N)=O)nc(-c4sccc4C)nc32)c1OC. The summed E-state index contributed by atoms with van der Waals surface area (Å²) in [6.45, 7) is 1.92. The number of para-hydroxylation sites is 1. The van der Waals surface area contributed by atoms with Crippen molar-refractivity contribution >= 4 is 28.4 Å². The number of rotatable bonds is 5. The molecule has 0 radical (unpaired) electrons. The van der Waals surface area contributed by atoms with Crippen LogP contribution < -0.4 is 20.9 Å². The van der Waals surface area contributed by atoms with E-state index in [-0.39, 0.29) is 16.9 Å². The van der Waals surface area contributed by atoms with Gasteiger partial charge in [0.15, 0.2) is 28.7 Å². The van der Waals surface area contributed by atoms with E-state index in [0.29, 0.717) is 23.0 Å². The number of carbonyl (C=O) groups is 1. The van der Waals surface area contributed by atoms with E-state index in [2.05, 4.69) is 15.0 Å². The van der Waals surface area contributed by atoms with E-state index in [1.165, 1.54) is 30.1 Å². The average Bonchev–Trinajstić information content (AvgIpc) is 3.28. The monoisotopic (exact) mass is 411 g/mol. The molecule has 0 saturated heterocycles. The minimum absolute atomic E-state index is 0.0597. The first-order valence-corrected chi connectivity index (χ1v) is 9.42. The van der Waals surface area contributed by atoms with Crippen molar-refractivity contribution in [3.8, 4) is 27.9 Å². The van der Waals surface area contributed by atoms with Gasteiger partial charge in [-0.1, -0.05) is 6.07 Å². The van der Waals surface area contributed by atoms with Crippen molar-refractivity contribution in [3.63, 3.8) is 0 Å². The third kappa shape index (κ3) is 2.93. The normalized spacial score (nSPS) is 11.0. The molecular weight excluding hydrogens is 394 g/mol. The first-order chi connectivity index (χ1) is 14.0. The first kappa shape index (κ1) is 18.7. The number of imidazole rings is 1. The molecule has 0 aliphatic carbocycles. The Morgan fingerprint density at radius 1 is 1.21 bits per heavy atom. The number of nitrogens with zero attached hydrogens (tertiary/aromatic N) is 3. The molecule has 4 rings (SSSR count). The molecule has 0 aliphatic heterocycles. The third-order valence-electron chi connectivity index (χ3n) is 4.46. The van der Waals surface area contributed by atoms with Crippen LogP contribution >= 0.6 is 11.3 Å². The maximum atomic E-state index is 12.8. The Labute approximate surface area is 168 Å². The number of ether oxygens (including phenoxy) is 2. The van der Waals surface area contributed by atoms with Gasteiger partial charge in [-0.15, -0.1) is 11.3 Å². The molecule has 148 valence electrons. The third-order valence-corrected chi connectivity index (χ3v) is 5.47. The van der Waals surface area contributed by atoms with Crippen molar-refractivity contribution < 1.29 is 14.3 Å². The van der Waals surface area contributed by atoms with Gasteiger partial charge in [-0.2, -0.15) is 0 Å². The number of primary amides is 1. The molecular formula is C19H17N5O4S. The second kappa shape index (κ2) is 7.06. The quantitative estimate of drug-likeness (QED) is 0.519. The van der Waals surface area contributed by atoms with Crippen LogP contribution in [0.15, 0.2) is 34.4 Å². The van der Waals surface area contributed by atoms with Crippen LogP contribution in [0.2, 0.25) is 0 Å². The summed E-state index contributed by atoms with van der Waals surface area (Å²) in [5.74, 6) is 0.350. The highest BCUT2D eigenvalue weighted by atomic mass is 32.1. The predicted octanol–water partition coefficient (Wildman–Crippen LogP) is 2.26. The number of aromatic amines is 1. The van der Waals surface area contributed by atoms with Crippen molar-refractivity contribution in [2.45, 2.75) is 6.92 Å². The standard InChI is InChI=1S/C19H17N5O4S/c1-9-7-8-29-15(9)17-21-12(16(20)25)13-18(23-17)24(19(26)22-13)10-5-4-6-11(27-2)14(10)28-3/h4-8H,1-3H3,(H2,20,25)(H,22,26). The van der Waals surface area contributed by atoms with E-state index in [4.69, 9.17) is 15.2 Å². The molecule has 3 aromatic heterocycles. The largest absolute Gasteiger partial charge is 0.493 e. The number of fused-ring (bicyclic) bond motifs is 1. The number of carbonyl (C=O) groups excluding carboxylic acids is 1. The van der Waals surface area contributed by atoms with Crippen molar-refractivity contribution in [2.75, 3.05) is 14.2 Å². The Morgan fingerprint density at radius 2 is 2.00 bits per heavy atom. The fourth-order valence-corrected chi connectivity index (χ4v) is 4.00. The molecule has 0 saturated carbocycles. The van der Waals surface area contributed by atoms with Gasteiger partial charge in [0.1, 0.15) is 5.52 Å². The molecule has 9 nitrogen and oxygen atoms in total. The van der Waals surface area contributed by atoms with Crippen LogP contribution in [-0.4, -0.2) is 39.6 Å². The van der Waals surface area contributed by atoms with Gasteiger partial charge in [-0.05, 0) is 36.1 Å². The van der Waals surface area contributed by atoms with Crippen LogP contribution in [0, 0.1) is 6.92 Å². The Balaban J connectivity index is 2.11. The maximum absolute atomic E-state index is 12.8. The summed E-state index contributed by atoms with van der Waals surface area (Å²) in [6, 6.07) is 7.06. The molecule has 3 heterocycles. The summed E-state index contributed by atoms with van der Waals surface area (Å²) in [5.41, 5.74) is 6.70. The van der Waals surface area contributed by atoms with Crippen molar-refractivity contribution in [1.82, 2.24) is 19.5 Å². The molecule has 4 aromatic rings. The van der Waals surface area contributed by atoms with Crippen molar-refractivity contribution in [3.05, 3.63) is 51.4 Å². The number of aryl methyl sites for hydroxylation is 1. The lowest BCUT2D eigenvalue weighted by Crippen LogP contribution is -2.16. The number of benzene rings is 1. The zero-order valence-corrected chi connectivity index (χ0v) is 16.7. The van der Waals surface area contributed by atoms with E-state index in [9.17, 15) is 9.59 Å². The fourth-order valence-electron chi connectivity index (χ4n) is 3.14. The molecule has 3 N–H and O–H groups in total. The van der Waals surface area contributed by atoms with Gasteiger partial charge in [0, 0.05) is 0 Å². The lowest BCUT2D eigenvalue weighted by atomic mass is 10.2. The van der Waals surface area contributed by atoms with Gasteiger partial charge in [-0.3, -0.25) is 4.79 Å². The van der Waals surface area contributed by atoms with Crippen molar-refractivity contribution in [1.29, 1.82) is 0 Å². The minimum atomic E-state index is -0.765. The molecule has 0 unspecified atom stereocenters. The summed E-state index contributed by atoms with van der Waals surface area (Å²) in [5, 5.41) is 1.90. The molecule has 29 heavy (non-hydrogen) atoms. The molecule has 0 bridgehead atoms. The molecule has 0 fully saturated rings. The number of nitrogens with one attached hydrogen (secondary N) is 1. The molecule has 0 atom stereocenters. The number of hydrogen-bond acceptors (Lipinski definition) is 7. The van der Waals surface area contributed by atoms with Crippen LogP contribution in [0.4, 0.5) is 0 Å². The number of hydrogen-bond donors (Lipinski definition) is 2. The van der Waals surface area contributed by atoms with Gasteiger partial charge in [0.25, 0.3) is 5.91 Å². The van der Waals surface area contributed by atoms with Crippen LogP contribution in [-0.2, 0) is 0 Å². The predicted molar refractivity (Wildman–Crippen MR) is 109 cm³/mol. The topological polar surface area (TPSA) is 125 Å². The zero-order chi connectivity index (χ0) is 20.7. The number of thiophene rings is 1. The number of H-pyrrole nitrogens is 1. The lowest BCUT2D eigenvalue weighted by Gasteiger charge is -2.13. The molecule has 1 amide bonds.